The summed E-state index contributed by atoms with van der Waals surface area (Å²) in [4.78, 5) is 3.20. The summed E-state index contributed by atoms with van der Waals surface area (Å²) >= 11 is 1.60. The molecule has 1 aromatic rings. The molecule has 0 bridgehead atoms. The first kappa shape index (κ1) is 8.58. The molecule has 3 heteroatoms. The van der Waals surface area contributed by atoms with Crippen LogP contribution in [0, 0.1) is 11.3 Å². The molecular formula is C10H12N2S. The zero-order valence-electron chi connectivity index (χ0n) is 7.49. The Morgan fingerprint density at radius 1 is 1.23 bits per heavy atom. The lowest BCUT2D eigenvalue weighted by Gasteiger charge is -2.26. The monoisotopic (exact) mass is 192 g/mol. The summed E-state index contributed by atoms with van der Waals surface area (Å²) in [7, 11) is 0. The molecule has 1 aliphatic heterocycles. The van der Waals surface area contributed by atoms with Crippen LogP contribution in [-0.2, 0) is 0 Å². The van der Waals surface area contributed by atoms with Gasteiger partial charge in [-0.25, -0.2) is 0 Å². The molecule has 1 fully saturated rings. The first-order valence-electron chi connectivity index (χ1n) is 4.65. The van der Waals surface area contributed by atoms with Crippen molar-refractivity contribution in [3.63, 3.8) is 0 Å². The lowest BCUT2D eigenvalue weighted by molar-refractivity contribution is 0.580. The highest BCUT2D eigenvalue weighted by Crippen LogP contribution is 2.27. The summed E-state index contributed by atoms with van der Waals surface area (Å²) in [6.07, 6.45) is 3.94. The van der Waals surface area contributed by atoms with E-state index in [1.807, 2.05) is 6.07 Å². The van der Waals surface area contributed by atoms with E-state index in [9.17, 15) is 0 Å². The van der Waals surface area contributed by atoms with E-state index in [1.54, 1.807) is 11.3 Å². The maximum atomic E-state index is 8.69. The Hall–Kier alpha value is -1.01. The minimum atomic E-state index is 0.820. The van der Waals surface area contributed by atoms with Crippen LogP contribution in [0.5, 0.6) is 0 Å². The maximum Gasteiger partial charge on any atom is 0.110 e. The highest BCUT2D eigenvalue weighted by Gasteiger charge is 2.12. The Balaban J connectivity index is 2.11. The van der Waals surface area contributed by atoms with Crippen LogP contribution in [0.2, 0.25) is 0 Å². The van der Waals surface area contributed by atoms with Crippen LogP contribution in [-0.4, -0.2) is 13.1 Å². The molecule has 0 unspecified atom stereocenters. The largest absolute Gasteiger partial charge is 0.363 e. The van der Waals surface area contributed by atoms with Crippen LogP contribution >= 0.6 is 11.3 Å². The fourth-order valence-corrected chi connectivity index (χ4v) is 2.53. The van der Waals surface area contributed by atoms with Gasteiger partial charge in [-0.3, -0.25) is 0 Å². The standard InChI is InChI=1S/C10H12N2S/c11-8-9-4-5-10(13-9)12-6-2-1-3-7-12/h4-5H,1-3,6-7H2. The van der Waals surface area contributed by atoms with Gasteiger partial charge in [-0.15, -0.1) is 11.3 Å². The summed E-state index contributed by atoms with van der Waals surface area (Å²) in [6.45, 7) is 2.32. The Bertz CT molecular complexity index is 318. The van der Waals surface area contributed by atoms with Gasteiger partial charge < -0.3 is 4.90 Å². The third-order valence-corrected chi connectivity index (χ3v) is 3.42. The maximum absolute atomic E-state index is 8.69. The Labute approximate surface area is 82.4 Å². The Morgan fingerprint density at radius 2 is 2.00 bits per heavy atom. The summed E-state index contributed by atoms with van der Waals surface area (Å²) < 4.78 is 0. The van der Waals surface area contributed by atoms with Crippen molar-refractivity contribution in [2.45, 2.75) is 19.3 Å². The molecule has 0 radical (unpaired) electrons. The number of hydrogen-bond acceptors (Lipinski definition) is 3. The zero-order chi connectivity index (χ0) is 9.10. The van der Waals surface area contributed by atoms with Gasteiger partial charge >= 0.3 is 0 Å². The molecule has 1 aliphatic rings. The molecule has 2 heterocycles. The van der Waals surface area contributed by atoms with E-state index in [2.05, 4.69) is 17.0 Å². The van der Waals surface area contributed by atoms with E-state index in [1.165, 1.54) is 24.3 Å². The van der Waals surface area contributed by atoms with Crippen LogP contribution in [0.4, 0.5) is 5.00 Å². The molecule has 13 heavy (non-hydrogen) atoms. The molecule has 1 aromatic heterocycles. The Morgan fingerprint density at radius 3 is 2.62 bits per heavy atom. The van der Waals surface area contributed by atoms with E-state index >= 15 is 0 Å². The normalized spacial score (nSPS) is 17.0. The van der Waals surface area contributed by atoms with Gasteiger partial charge in [0, 0.05) is 13.1 Å². The fourth-order valence-electron chi connectivity index (χ4n) is 1.67. The first-order valence-corrected chi connectivity index (χ1v) is 5.47. The zero-order valence-corrected chi connectivity index (χ0v) is 8.31. The predicted octanol–water partition coefficient (Wildman–Crippen LogP) is 2.61. The molecule has 0 amide bonds. The second-order valence-electron chi connectivity index (χ2n) is 3.30. The van der Waals surface area contributed by atoms with Crippen LogP contribution < -0.4 is 4.90 Å². The molecule has 0 N–H and O–H groups in total. The molecule has 0 aromatic carbocycles. The Kier molecular flexibility index (Phi) is 2.51. The van der Waals surface area contributed by atoms with Crippen LogP contribution in [0.15, 0.2) is 12.1 Å². The average Bonchev–Trinajstić information content (AvgIpc) is 2.67. The van der Waals surface area contributed by atoms with E-state index in [4.69, 9.17) is 5.26 Å². The third-order valence-electron chi connectivity index (χ3n) is 2.37. The second kappa shape index (κ2) is 3.80. The highest BCUT2D eigenvalue weighted by molar-refractivity contribution is 7.16. The molecule has 0 spiro atoms. The SMILES string of the molecule is N#Cc1ccc(N2CCCCC2)s1. The van der Waals surface area contributed by atoms with Crippen molar-refractivity contribution in [1.29, 1.82) is 5.26 Å². The van der Waals surface area contributed by atoms with Crippen molar-refractivity contribution in [2.75, 3.05) is 18.0 Å². The van der Waals surface area contributed by atoms with Gasteiger partial charge in [-0.2, -0.15) is 5.26 Å². The summed E-state index contributed by atoms with van der Waals surface area (Å²) in [5.74, 6) is 0. The van der Waals surface area contributed by atoms with Crippen LogP contribution in [0.25, 0.3) is 0 Å². The van der Waals surface area contributed by atoms with Crippen molar-refractivity contribution in [3.05, 3.63) is 17.0 Å². The van der Waals surface area contributed by atoms with E-state index in [0.717, 1.165) is 18.0 Å². The van der Waals surface area contributed by atoms with Gasteiger partial charge in [-0.1, -0.05) is 0 Å². The van der Waals surface area contributed by atoms with Crippen molar-refractivity contribution >= 4 is 16.3 Å². The number of hydrogen-bond donors (Lipinski definition) is 0. The number of nitrogens with zero attached hydrogens (tertiary/aromatic N) is 2. The summed E-state index contributed by atoms with van der Waals surface area (Å²) in [6, 6.07) is 6.15. The third kappa shape index (κ3) is 1.84. The van der Waals surface area contributed by atoms with E-state index in [-0.39, 0.29) is 0 Å². The quantitative estimate of drug-likeness (QED) is 0.684. The lowest BCUT2D eigenvalue weighted by Crippen LogP contribution is -2.28. The van der Waals surface area contributed by atoms with Crippen molar-refractivity contribution in [3.8, 4) is 6.07 Å². The van der Waals surface area contributed by atoms with Crippen molar-refractivity contribution < 1.29 is 0 Å². The van der Waals surface area contributed by atoms with Crippen LogP contribution in [0.1, 0.15) is 24.1 Å². The lowest BCUT2D eigenvalue weighted by atomic mass is 10.1. The van der Waals surface area contributed by atoms with E-state index < -0.39 is 0 Å². The van der Waals surface area contributed by atoms with E-state index in [0.29, 0.717) is 0 Å². The summed E-state index contributed by atoms with van der Waals surface area (Å²) in [5.41, 5.74) is 0. The van der Waals surface area contributed by atoms with Gasteiger partial charge in [0.25, 0.3) is 0 Å². The molecule has 68 valence electrons. The minimum absolute atomic E-state index is 0.820. The molecule has 1 saturated heterocycles. The van der Waals surface area contributed by atoms with Crippen molar-refractivity contribution in [1.82, 2.24) is 0 Å². The number of rotatable bonds is 1. The van der Waals surface area contributed by atoms with Gasteiger partial charge in [0.1, 0.15) is 10.9 Å². The number of piperidine rings is 1. The fraction of sp³-hybridized carbons (Fsp3) is 0.500. The van der Waals surface area contributed by atoms with Crippen molar-refractivity contribution in [2.24, 2.45) is 0 Å². The van der Waals surface area contributed by atoms with Gasteiger partial charge in [0.05, 0.1) is 5.00 Å². The highest BCUT2D eigenvalue weighted by atomic mass is 32.1. The molecule has 0 saturated carbocycles. The average molecular weight is 192 g/mol. The number of nitriles is 1. The second-order valence-corrected chi connectivity index (χ2v) is 4.36. The molecule has 0 aliphatic carbocycles. The summed E-state index contributed by atoms with van der Waals surface area (Å²) in [5, 5.41) is 9.95. The van der Waals surface area contributed by atoms with Gasteiger partial charge in [-0.05, 0) is 31.4 Å². The van der Waals surface area contributed by atoms with Gasteiger partial charge in [0.2, 0.25) is 0 Å². The minimum Gasteiger partial charge on any atom is -0.363 e. The number of anilines is 1. The molecule has 2 rings (SSSR count). The predicted molar refractivity (Wildman–Crippen MR) is 55.1 cm³/mol. The topological polar surface area (TPSA) is 27.0 Å². The van der Waals surface area contributed by atoms with Crippen LogP contribution in [0.3, 0.4) is 0 Å². The smallest absolute Gasteiger partial charge is 0.110 e. The number of thiophene rings is 1. The molecular weight excluding hydrogens is 180 g/mol. The molecule has 2 nitrogen and oxygen atoms in total. The molecule has 0 atom stereocenters. The van der Waals surface area contributed by atoms with Gasteiger partial charge in [0.15, 0.2) is 0 Å². The first-order chi connectivity index (χ1) is 6.40.